The van der Waals surface area contributed by atoms with E-state index in [-0.39, 0.29) is 12.1 Å². The van der Waals surface area contributed by atoms with Gasteiger partial charge in [-0.2, -0.15) is 0 Å². The highest BCUT2D eigenvalue weighted by atomic mass is 16.5. The first kappa shape index (κ1) is 9.92. The quantitative estimate of drug-likeness (QED) is 0.466. The Morgan fingerprint density at radius 1 is 1.67 bits per heavy atom. The summed E-state index contributed by atoms with van der Waals surface area (Å²) in [5, 5.41) is 0. The van der Waals surface area contributed by atoms with Crippen LogP contribution in [0.25, 0.3) is 0 Å². The van der Waals surface area contributed by atoms with E-state index < -0.39 is 0 Å². The van der Waals surface area contributed by atoms with E-state index in [1.54, 1.807) is 7.11 Å². The van der Waals surface area contributed by atoms with Crippen molar-refractivity contribution in [2.24, 2.45) is 5.84 Å². The lowest BCUT2D eigenvalue weighted by Gasteiger charge is -2.21. The van der Waals surface area contributed by atoms with Crippen LogP contribution in [0.4, 0.5) is 0 Å². The predicted octanol–water partition coefficient (Wildman–Crippen LogP) is 0.0322. The number of nitrogens with two attached hydrogens (primary N) is 1. The van der Waals surface area contributed by atoms with Gasteiger partial charge in [-0.25, -0.2) is 0 Å². The third-order valence-corrected chi connectivity index (χ3v) is 2.27. The molecule has 3 N–H and O–H groups in total. The summed E-state index contributed by atoms with van der Waals surface area (Å²) < 4.78 is 10.7. The molecule has 0 aliphatic carbocycles. The lowest BCUT2D eigenvalue weighted by Crippen LogP contribution is -2.46. The SMILES string of the molecule is COCC(NN)C1CCC(C)O1. The van der Waals surface area contributed by atoms with Crippen molar-refractivity contribution >= 4 is 0 Å². The summed E-state index contributed by atoms with van der Waals surface area (Å²) in [5.74, 6) is 5.37. The summed E-state index contributed by atoms with van der Waals surface area (Å²) in [7, 11) is 1.67. The van der Waals surface area contributed by atoms with Gasteiger partial charge >= 0.3 is 0 Å². The fourth-order valence-electron chi connectivity index (χ4n) is 1.57. The van der Waals surface area contributed by atoms with Gasteiger partial charge in [-0.3, -0.25) is 11.3 Å². The molecule has 1 aliphatic rings. The Morgan fingerprint density at radius 3 is 2.83 bits per heavy atom. The van der Waals surface area contributed by atoms with Gasteiger partial charge in [0.05, 0.1) is 24.9 Å². The molecule has 0 amide bonds. The van der Waals surface area contributed by atoms with Gasteiger partial charge in [-0.05, 0) is 19.8 Å². The first-order chi connectivity index (χ1) is 5.77. The van der Waals surface area contributed by atoms with Crippen molar-refractivity contribution in [1.82, 2.24) is 5.43 Å². The lowest BCUT2D eigenvalue weighted by atomic mass is 10.1. The minimum absolute atomic E-state index is 0.125. The smallest absolute Gasteiger partial charge is 0.0768 e. The maximum absolute atomic E-state index is 5.64. The third kappa shape index (κ3) is 2.42. The van der Waals surface area contributed by atoms with Crippen LogP contribution in [0.1, 0.15) is 19.8 Å². The summed E-state index contributed by atoms with van der Waals surface area (Å²) in [5.41, 5.74) is 2.72. The first-order valence-corrected chi connectivity index (χ1v) is 4.38. The van der Waals surface area contributed by atoms with Crippen LogP contribution in [0.2, 0.25) is 0 Å². The summed E-state index contributed by atoms with van der Waals surface area (Å²) in [6.45, 7) is 2.69. The molecular weight excluding hydrogens is 156 g/mol. The molecule has 3 unspecified atom stereocenters. The van der Waals surface area contributed by atoms with E-state index in [0.717, 1.165) is 12.8 Å². The predicted molar refractivity (Wildman–Crippen MR) is 46.6 cm³/mol. The number of hydrogen-bond donors (Lipinski definition) is 2. The fraction of sp³-hybridized carbons (Fsp3) is 1.00. The largest absolute Gasteiger partial charge is 0.383 e. The van der Waals surface area contributed by atoms with Gasteiger partial charge in [0.1, 0.15) is 0 Å². The van der Waals surface area contributed by atoms with E-state index in [1.165, 1.54) is 0 Å². The molecule has 0 radical (unpaired) electrons. The third-order valence-electron chi connectivity index (χ3n) is 2.27. The van der Waals surface area contributed by atoms with Crippen LogP contribution in [0, 0.1) is 0 Å². The van der Waals surface area contributed by atoms with Crippen molar-refractivity contribution in [3.05, 3.63) is 0 Å². The van der Waals surface area contributed by atoms with Gasteiger partial charge in [-0.15, -0.1) is 0 Å². The standard InChI is InChI=1S/C8H18N2O2/c1-6-3-4-8(12-6)7(10-9)5-11-2/h6-8,10H,3-5,9H2,1-2H3. The molecule has 0 saturated carbocycles. The average Bonchev–Trinajstić information content (AvgIpc) is 2.47. The fourth-order valence-corrected chi connectivity index (χ4v) is 1.57. The van der Waals surface area contributed by atoms with Gasteiger partial charge in [0, 0.05) is 7.11 Å². The topological polar surface area (TPSA) is 56.5 Å². The van der Waals surface area contributed by atoms with Gasteiger partial charge in [0.2, 0.25) is 0 Å². The van der Waals surface area contributed by atoms with Gasteiger partial charge < -0.3 is 9.47 Å². The van der Waals surface area contributed by atoms with Crippen LogP contribution in [0.15, 0.2) is 0 Å². The summed E-state index contributed by atoms with van der Waals surface area (Å²) in [6, 6.07) is 0.125. The number of hydrogen-bond acceptors (Lipinski definition) is 4. The monoisotopic (exact) mass is 174 g/mol. The lowest BCUT2D eigenvalue weighted by molar-refractivity contribution is 0.0103. The molecule has 12 heavy (non-hydrogen) atoms. The van der Waals surface area contributed by atoms with Crippen LogP contribution < -0.4 is 11.3 Å². The summed E-state index contributed by atoms with van der Waals surface area (Å²) in [6.07, 6.45) is 2.76. The van der Waals surface area contributed by atoms with Crippen LogP contribution in [0.5, 0.6) is 0 Å². The molecule has 0 bridgehead atoms. The molecule has 1 rings (SSSR count). The van der Waals surface area contributed by atoms with E-state index in [2.05, 4.69) is 12.3 Å². The Labute approximate surface area is 73.4 Å². The molecule has 1 heterocycles. The zero-order chi connectivity index (χ0) is 8.97. The minimum Gasteiger partial charge on any atom is -0.383 e. The Kier molecular flexibility index (Phi) is 3.94. The summed E-state index contributed by atoms with van der Waals surface area (Å²) >= 11 is 0. The average molecular weight is 174 g/mol. The van der Waals surface area contributed by atoms with Crippen molar-refractivity contribution in [2.75, 3.05) is 13.7 Å². The molecule has 0 aromatic carbocycles. The van der Waals surface area contributed by atoms with Crippen molar-refractivity contribution < 1.29 is 9.47 Å². The normalized spacial score (nSPS) is 32.2. The van der Waals surface area contributed by atoms with Gasteiger partial charge in [-0.1, -0.05) is 0 Å². The molecule has 0 aromatic heterocycles. The molecular formula is C8H18N2O2. The van der Waals surface area contributed by atoms with Crippen molar-refractivity contribution in [3.63, 3.8) is 0 Å². The minimum atomic E-state index is 0.125. The molecule has 72 valence electrons. The second-order valence-corrected chi connectivity index (χ2v) is 3.29. The van der Waals surface area contributed by atoms with Crippen LogP contribution in [-0.4, -0.2) is 32.0 Å². The highest BCUT2D eigenvalue weighted by Gasteiger charge is 2.28. The van der Waals surface area contributed by atoms with Crippen LogP contribution in [-0.2, 0) is 9.47 Å². The number of methoxy groups -OCH3 is 1. The van der Waals surface area contributed by atoms with Crippen LogP contribution >= 0.6 is 0 Å². The molecule has 0 spiro atoms. The highest BCUT2D eigenvalue weighted by Crippen LogP contribution is 2.21. The van der Waals surface area contributed by atoms with Crippen molar-refractivity contribution in [1.29, 1.82) is 0 Å². The van der Waals surface area contributed by atoms with E-state index in [1.807, 2.05) is 0 Å². The maximum Gasteiger partial charge on any atom is 0.0768 e. The molecule has 1 aliphatic heterocycles. The van der Waals surface area contributed by atoms with Gasteiger partial charge in [0.25, 0.3) is 0 Å². The number of nitrogens with one attached hydrogen (secondary N) is 1. The summed E-state index contributed by atoms with van der Waals surface area (Å²) in [4.78, 5) is 0. The maximum atomic E-state index is 5.64. The molecule has 4 heteroatoms. The first-order valence-electron chi connectivity index (χ1n) is 4.38. The number of rotatable bonds is 4. The molecule has 3 atom stereocenters. The van der Waals surface area contributed by atoms with Crippen molar-refractivity contribution in [3.8, 4) is 0 Å². The van der Waals surface area contributed by atoms with E-state index in [0.29, 0.717) is 12.7 Å². The second kappa shape index (κ2) is 4.77. The highest BCUT2D eigenvalue weighted by molar-refractivity contribution is 4.81. The zero-order valence-corrected chi connectivity index (χ0v) is 7.75. The molecule has 0 aromatic rings. The van der Waals surface area contributed by atoms with Crippen LogP contribution in [0.3, 0.4) is 0 Å². The Bertz CT molecular complexity index is 130. The Balaban J connectivity index is 2.33. The number of ether oxygens (including phenoxy) is 2. The number of hydrazine groups is 1. The van der Waals surface area contributed by atoms with Crippen molar-refractivity contribution in [2.45, 2.75) is 38.0 Å². The van der Waals surface area contributed by atoms with E-state index in [4.69, 9.17) is 15.3 Å². The molecule has 4 nitrogen and oxygen atoms in total. The molecule has 1 saturated heterocycles. The van der Waals surface area contributed by atoms with E-state index >= 15 is 0 Å². The Hall–Kier alpha value is -0.160. The molecule has 1 fully saturated rings. The Morgan fingerprint density at radius 2 is 2.42 bits per heavy atom. The van der Waals surface area contributed by atoms with Gasteiger partial charge in [0.15, 0.2) is 0 Å². The van der Waals surface area contributed by atoms with E-state index in [9.17, 15) is 0 Å². The zero-order valence-electron chi connectivity index (χ0n) is 7.75. The second-order valence-electron chi connectivity index (χ2n) is 3.29.